The van der Waals surface area contributed by atoms with Crippen molar-refractivity contribution in [1.29, 1.82) is 0 Å². The number of rotatable bonds is 3. The molecule has 2 heterocycles. The zero-order chi connectivity index (χ0) is 19.0. The van der Waals surface area contributed by atoms with Crippen LogP contribution in [0.5, 0.6) is 0 Å². The first-order valence-corrected chi connectivity index (χ1v) is 8.47. The quantitative estimate of drug-likeness (QED) is 0.780. The Balaban J connectivity index is 1.75. The highest BCUT2D eigenvalue weighted by molar-refractivity contribution is 6.71. The van der Waals surface area contributed by atoms with Crippen LogP contribution in [0.4, 0.5) is 11.4 Å². The molecule has 7 heteroatoms. The molecule has 0 atom stereocenters. The summed E-state index contributed by atoms with van der Waals surface area (Å²) < 4.78 is 1.41. The second kappa shape index (κ2) is 6.53. The molecule has 1 aliphatic rings. The zero-order valence-electron chi connectivity index (χ0n) is 14.9. The molecule has 0 saturated carbocycles. The average Bonchev–Trinajstić information content (AvgIpc) is 3.14. The third-order valence-electron chi connectivity index (χ3n) is 4.27. The van der Waals surface area contributed by atoms with Crippen LogP contribution < -0.4 is 10.6 Å². The highest BCUT2D eigenvalue weighted by Crippen LogP contribution is 2.21. The Hall–Kier alpha value is -3.74. The van der Waals surface area contributed by atoms with Gasteiger partial charge in [-0.2, -0.15) is 10.1 Å². The monoisotopic (exact) mass is 359 g/mol. The molecule has 0 aliphatic carbocycles. The van der Waals surface area contributed by atoms with E-state index in [-0.39, 0.29) is 22.9 Å². The van der Waals surface area contributed by atoms with Gasteiger partial charge >= 0.3 is 0 Å². The second-order valence-electron chi connectivity index (χ2n) is 6.16. The van der Waals surface area contributed by atoms with E-state index in [0.717, 1.165) is 0 Å². The lowest BCUT2D eigenvalue weighted by atomic mass is 10.2. The third kappa shape index (κ3) is 2.89. The average molecular weight is 359 g/mol. The van der Waals surface area contributed by atoms with Crippen LogP contribution in [-0.2, 0) is 4.79 Å². The number of hydrogen-bond acceptors (Lipinski definition) is 4. The van der Waals surface area contributed by atoms with Gasteiger partial charge in [0.2, 0.25) is 0 Å². The molecule has 7 nitrogen and oxygen atoms in total. The molecule has 4 rings (SSSR count). The number of amides is 1. The van der Waals surface area contributed by atoms with Gasteiger partial charge in [-0.05, 0) is 38.1 Å². The maximum atomic E-state index is 12.8. The first-order valence-electron chi connectivity index (χ1n) is 8.47. The maximum Gasteiger partial charge on any atom is 0.299 e. The van der Waals surface area contributed by atoms with Crippen LogP contribution in [0, 0.1) is 6.92 Å². The standard InChI is InChI=1S/C20H17N5O2/c1-13-17(19(26)24(22-13)15-9-5-3-6-10-15)21-18-14(2)23-25(20(18)27)16-11-7-4-8-12-16/h3-12,22H,1-2H3. The van der Waals surface area contributed by atoms with E-state index in [9.17, 15) is 9.59 Å². The number of nitrogens with zero attached hydrogens (tertiary/aromatic N) is 4. The minimum Gasteiger partial charge on any atom is -0.293 e. The zero-order valence-corrected chi connectivity index (χ0v) is 14.9. The number of anilines is 1. The van der Waals surface area contributed by atoms with E-state index in [2.05, 4.69) is 15.2 Å². The van der Waals surface area contributed by atoms with E-state index in [4.69, 9.17) is 0 Å². The summed E-state index contributed by atoms with van der Waals surface area (Å²) in [6.45, 7) is 3.46. The van der Waals surface area contributed by atoms with Crippen LogP contribution in [-0.4, -0.2) is 27.1 Å². The normalized spacial score (nSPS) is 15.5. The Bertz CT molecular complexity index is 1120. The van der Waals surface area contributed by atoms with Crippen LogP contribution in [0.3, 0.4) is 0 Å². The lowest BCUT2D eigenvalue weighted by Gasteiger charge is -2.10. The fourth-order valence-electron chi connectivity index (χ4n) is 2.91. The number of aliphatic imine (C=N–C) groups is 1. The molecular weight excluding hydrogens is 342 g/mol. The molecule has 1 amide bonds. The van der Waals surface area contributed by atoms with E-state index in [0.29, 0.717) is 22.8 Å². The molecule has 0 fully saturated rings. The highest BCUT2D eigenvalue weighted by Gasteiger charge is 2.31. The Morgan fingerprint density at radius 3 is 2.11 bits per heavy atom. The third-order valence-corrected chi connectivity index (χ3v) is 4.27. The molecular formula is C20H17N5O2. The minimum absolute atomic E-state index is 0.165. The Morgan fingerprint density at radius 2 is 1.48 bits per heavy atom. The number of hydrogen-bond donors (Lipinski definition) is 1. The summed E-state index contributed by atoms with van der Waals surface area (Å²) in [4.78, 5) is 30.0. The van der Waals surface area contributed by atoms with Crippen LogP contribution in [0.2, 0.25) is 0 Å². The van der Waals surface area contributed by atoms with E-state index >= 15 is 0 Å². The number of aryl methyl sites for hydroxylation is 1. The minimum atomic E-state index is -0.357. The number of hydrazone groups is 1. The van der Waals surface area contributed by atoms with Crippen LogP contribution in [0.25, 0.3) is 5.69 Å². The van der Waals surface area contributed by atoms with Crippen molar-refractivity contribution in [2.24, 2.45) is 10.1 Å². The number of carbonyl (C=O) groups excluding carboxylic acids is 1. The van der Waals surface area contributed by atoms with Crippen LogP contribution in [0.15, 0.2) is 75.6 Å². The first kappa shape index (κ1) is 16.7. The molecule has 1 aromatic heterocycles. The smallest absolute Gasteiger partial charge is 0.293 e. The SMILES string of the molecule is CC1=NN(c2ccccc2)C(=O)C1=Nc1c(C)[nH]n(-c2ccccc2)c1=O. The highest BCUT2D eigenvalue weighted by atomic mass is 16.2. The number of aromatic amines is 1. The van der Waals surface area contributed by atoms with Crippen molar-refractivity contribution in [2.45, 2.75) is 13.8 Å². The molecule has 134 valence electrons. The molecule has 0 saturated heterocycles. The molecule has 0 spiro atoms. The van der Waals surface area contributed by atoms with Crippen molar-refractivity contribution in [2.75, 3.05) is 5.01 Å². The number of H-pyrrole nitrogens is 1. The lowest BCUT2D eigenvalue weighted by molar-refractivity contribution is -0.112. The van der Waals surface area contributed by atoms with Gasteiger partial charge in [-0.15, -0.1) is 0 Å². The Labute approximate surface area is 155 Å². The fraction of sp³-hybridized carbons (Fsp3) is 0.100. The summed E-state index contributed by atoms with van der Waals surface area (Å²) in [5.74, 6) is -0.357. The molecule has 1 N–H and O–H groups in total. The topological polar surface area (TPSA) is 82.8 Å². The molecule has 0 radical (unpaired) electrons. The molecule has 27 heavy (non-hydrogen) atoms. The maximum absolute atomic E-state index is 12.8. The predicted molar refractivity (Wildman–Crippen MR) is 105 cm³/mol. The molecule has 0 unspecified atom stereocenters. The van der Waals surface area contributed by atoms with E-state index < -0.39 is 0 Å². The van der Waals surface area contributed by atoms with Gasteiger partial charge in [-0.3, -0.25) is 14.7 Å². The largest absolute Gasteiger partial charge is 0.299 e. The number of benzene rings is 2. The second-order valence-corrected chi connectivity index (χ2v) is 6.16. The van der Waals surface area contributed by atoms with E-state index in [1.54, 1.807) is 26.0 Å². The Morgan fingerprint density at radius 1 is 0.889 bits per heavy atom. The molecule has 3 aromatic rings. The summed E-state index contributed by atoms with van der Waals surface area (Å²) in [5, 5.41) is 8.60. The van der Waals surface area contributed by atoms with E-state index in [1.165, 1.54) is 9.69 Å². The van der Waals surface area contributed by atoms with Crippen molar-refractivity contribution in [3.63, 3.8) is 0 Å². The molecule has 0 bridgehead atoms. The molecule has 2 aromatic carbocycles. The summed E-state index contributed by atoms with van der Waals surface area (Å²) in [5.41, 5.74) is 2.45. The summed E-state index contributed by atoms with van der Waals surface area (Å²) >= 11 is 0. The summed E-state index contributed by atoms with van der Waals surface area (Å²) in [6.07, 6.45) is 0. The number of carbonyl (C=O) groups is 1. The summed E-state index contributed by atoms with van der Waals surface area (Å²) in [7, 11) is 0. The molecule has 1 aliphatic heterocycles. The van der Waals surface area contributed by atoms with Gasteiger partial charge in [0.1, 0.15) is 0 Å². The van der Waals surface area contributed by atoms with Crippen LogP contribution in [0.1, 0.15) is 12.6 Å². The number of para-hydroxylation sites is 2. The number of nitrogens with one attached hydrogen (secondary N) is 1. The van der Waals surface area contributed by atoms with Gasteiger partial charge in [0.05, 0.1) is 22.8 Å². The van der Waals surface area contributed by atoms with Crippen LogP contribution >= 0.6 is 0 Å². The van der Waals surface area contributed by atoms with Crippen molar-refractivity contribution in [3.8, 4) is 5.69 Å². The Kier molecular flexibility index (Phi) is 4.04. The van der Waals surface area contributed by atoms with Gasteiger partial charge in [0.15, 0.2) is 11.4 Å². The van der Waals surface area contributed by atoms with Gasteiger partial charge in [0.25, 0.3) is 11.5 Å². The van der Waals surface area contributed by atoms with Crippen molar-refractivity contribution in [1.82, 2.24) is 9.78 Å². The number of aromatic nitrogens is 2. The van der Waals surface area contributed by atoms with Crippen molar-refractivity contribution >= 4 is 28.7 Å². The van der Waals surface area contributed by atoms with Gasteiger partial charge < -0.3 is 0 Å². The fourth-order valence-corrected chi connectivity index (χ4v) is 2.91. The van der Waals surface area contributed by atoms with Gasteiger partial charge in [0, 0.05) is 0 Å². The predicted octanol–water partition coefficient (Wildman–Crippen LogP) is 2.97. The first-order chi connectivity index (χ1) is 13.1. The van der Waals surface area contributed by atoms with Gasteiger partial charge in [-0.1, -0.05) is 36.4 Å². The van der Waals surface area contributed by atoms with E-state index in [1.807, 2.05) is 48.5 Å². The van der Waals surface area contributed by atoms with Gasteiger partial charge in [-0.25, -0.2) is 9.67 Å². The summed E-state index contributed by atoms with van der Waals surface area (Å²) in [6, 6.07) is 18.3. The van der Waals surface area contributed by atoms with Crippen molar-refractivity contribution in [3.05, 3.63) is 76.7 Å². The van der Waals surface area contributed by atoms with Crippen molar-refractivity contribution < 1.29 is 4.79 Å². The lowest BCUT2D eigenvalue weighted by Crippen LogP contribution is -2.27.